The van der Waals surface area contributed by atoms with Gasteiger partial charge in [-0.15, -0.1) is 0 Å². The first kappa shape index (κ1) is 23.8. The van der Waals surface area contributed by atoms with Crippen LogP contribution in [0.25, 0.3) is 21.7 Å². The molecule has 1 heterocycles. The van der Waals surface area contributed by atoms with Gasteiger partial charge in [0.1, 0.15) is 17.9 Å². The zero-order valence-corrected chi connectivity index (χ0v) is 20.0. The molecule has 35 heavy (non-hydrogen) atoms. The van der Waals surface area contributed by atoms with E-state index in [1.807, 2.05) is 86.6 Å². The molecule has 1 N–H and O–H groups in total. The molecule has 5 rings (SSSR count). The van der Waals surface area contributed by atoms with Crippen LogP contribution in [0.1, 0.15) is 45.8 Å². The number of methoxy groups -OCH3 is 1. The fraction of sp³-hybridized carbons (Fsp3) is 0.133. The molecule has 0 bridgehead atoms. The van der Waals surface area contributed by atoms with Crippen LogP contribution in [0.15, 0.2) is 91.0 Å². The lowest BCUT2D eigenvalue weighted by Gasteiger charge is -2.12. The molecular weight excluding hydrogens is 438 g/mol. The minimum atomic E-state index is -0.560. The summed E-state index contributed by atoms with van der Waals surface area (Å²) in [5.74, 6) is -0.407. The molecule has 0 spiro atoms. The Morgan fingerprint density at radius 1 is 0.800 bits per heavy atom. The summed E-state index contributed by atoms with van der Waals surface area (Å²) in [6, 6.07) is 28.4. The van der Waals surface area contributed by atoms with Crippen LogP contribution in [-0.4, -0.2) is 23.8 Å². The molecule has 5 heteroatoms. The largest absolute Gasteiger partial charge is 0.488 e. The number of ketones is 1. The molecule has 0 atom stereocenters. The van der Waals surface area contributed by atoms with Crippen molar-refractivity contribution in [2.75, 3.05) is 7.11 Å². The second kappa shape index (κ2) is 10.7. The first-order chi connectivity index (χ1) is 17.1. The van der Waals surface area contributed by atoms with E-state index in [0.29, 0.717) is 23.6 Å². The Labute approximate surface area is 204 Å². The van der Waals surface area contributed by atoms with Crippen LogP contribution in [0, 0.1) is 0 Å². The lowest BCUT2D eigenvalue weighted by atomic mass is 10.0. The molecule has 0 fully saturated rings. The number of carbonyl (C=O) groups excluding carboxylic acids is 2. The van der Waals surface area contributed by atoms with Gasteiger partial charge in [-0.05, 0) is 46.7 Å². The van der Waals surface area contributed by atoms with Crippen molar-refractivity contribution < 1.29 is 19.1 Å². The lowest BCUT2D eigenvalue weighted by molar-refractivity contribution is 0.0595. The summed E-state index contributed by atoms with van der Waals surface area (Å²) < 4.78 is 10.8. The van der Waals surface area contributed by atoms with Crippen LogP contribution in [0.4, 0.5) is 0 Å². The third-order valence-electron chi connectivity index (χ3n) is 5.66. The average Bonchev–Trinajstić information content (AvgIpc) is 3.38. The van der Waals surface area contributed by atoms with E-state index < -0.39 is 5.97 Å². The van der Waals surface area contributed by atoms with Crippen molar-refractivity contribution in [3.05, 3.63) is 113 Å². The second-order valence-electron chi connectivity index (χ2n) is 7.74. The maximum Gasteiger partial charge on any atom is 0.341 e. The van der Waals surface area contributed by atoms with E-state index >= 15 is 0 Å². The highest BCUT2D eigenvalue weighted by Crippen LogP contribution is 2.28. The van der Waals surface area contributed by atoms with Gasteiger partial charge in [-0.2, -0.15) is 0 Å². The maximum atomic E-state index is 13.3. The number of hydrogen-bond donors (Lipinski definition) is 1. The molecule has 5 aromatic rings. The van der Waals surface area contributed by atoms with E-state index in [1.54, 1.807) is 12.1 Å². The number of nitrogens with one attached hydrogen (secondary N) is 1. The van der Waals surface area contributed by atoms with Crippen molar-refractivity contribution >= 4 is 33.4 Å². The summed E-state index contributed by atoms with van der Waals surface area (Å²) in [4.78, 5) is 28.9. The molecule has 0 aliphatic heterocycles. The molecule has 4 aromatic carbocycles. The summed E-state index contributed by atoms with van der Waals surface area (Å²) in [5.41, 5.74) is 2.89. The zero-order valence-electron chi connectivity index (χ0n) is 20.0. The molecule has 5 nitrogen and oxygen atoms in total. The van der Waals surface area contributed by atoms with Crippen LogP contribution in [0.3, 0.4) is 0 Å². The fourth-order valence-electron chi connectivity index (χ4n) is 3.97. The number of ether oxygens (including phenoxy) is 2. The van der Waals surface area contributed by atoms with E-state index in [-0.39, 0.29) is 11.3 Å². The number of H-pyrrole nitrogens is 1. The van der Waals surface area contributed by atoms with Crippen LogP contribution >= 0.6 is 0 Å². The molecule has 1 aromatic heterocycles. The molecular formula is C30H27NO4. The third kappa shape index (κ3) is 4.94. The van der Waals surface area contributed by atoms with Gasteiger partial charge in [0.05, 0.1) is 12.8 Å². The lowest BCUT2D eigenvalue weighted by Crippen LogP contribution is -2.09. The molecule has 0 saturated heterocycles. The predicted octanol–water partition coefficient (Wildman–Crippen LogP) is 6.94. The quantitative estimate of drug-likeness (QED) is 0.218. The smallest absolute Gasteiger partial charge is 0.341 e. The number of fused-ring (bicyclic) bond motifs is 3. The van der Waals surface area contributed by atoms with Crippen LogP contribution in [0.5, 0.6) is 5.75 Å². The molecule has 0 aliphatic carbocycles. The normalized spacial score (nSPS) is 10.5. The minimum absolute atomic E-state index is 0.209. The predicted molar refractivity (Wildman–Crippen MR) is 139 cm³/mol. The average molecular weight is 466 g/mol. The number of benzene rings is 4. The summed E-state index contributed by atoms with van der Waals surface area (Å²) in [5, 5.41) is 3.16. The van der Waals surface area contributed by atoms with E-state index in [4.69, 9.17) is 9.47 Å². The topological polar surface area (TPSA) is 68.4 Å². The minimum Gasteiger partial charge on any atom is -0.488 e. The van der Waals surface area contributed by atoms with Crippen LogP contribution in [-0.2, 0) is 11.3 Å². The van der Waals surface area contributed by atoms with Crippen molar-refractivity contribution in [2.24, 2.45) is 0 Å². The summed E-state index contributed by atoms with van der Waals surface area (Å²) in [7, 11) is 1.31. The monoisotopic (exact) mass is 465 g/mol. The van der Waals surface area contributed by atoms with Crippen LogP contribution in [0.2, 0.25) is 0 Å². The van der Waals surface area contributed by atoms with Crippen molar-refractivity contribution in [3.8, 4) is 5.75 Å². The highest BCUT2D eigenvalue weighted by atomic mass is 16.5. The Morgan fingerprint density at radius 2 is 1.54 bits per heavy atom. The Morgan fingerprint density at radius 3 is 2.31 bits per heavy atom. The standard InChI is InChI=1S/C28H21NO4.C2H6/c1-32-28(31)23-15-20(12-14-26(23)33-17-18-7-3-2-4-8-18)27(30)25-16-22-21-10-6-5-9-19(21)11-13-24(22)29-25;1-2/h2-16,29H,17H2,1H3;1-2H3. The van der Waals surface area contributed by atoms with Gasteiger partial charge in [0.25, 0.3) is 0 Å². The van der Waals surface area contributed by atoms with E-state index in [1.165, 1.54) is 13.2 Å². The van der Waals surface area contributed by atoms with Gasteiger partial charge in [0.15, 0.2) is 0 Å². The number of hydrogen-bond acceptors (Lipinski definition) is 4. The van der Waals surface area contributed by atoms with E-state index in [2.05, 4.69) is 4.98 Å². The number of rotatable bonds is 6. The van der Waals surface area contributed by atoms with Gasteiger partial charge in [-0.3, -0.25) is 4.79 Å². The Hall–Kier alpha value is -4.38. The van der Waals surface area contributed by atoms with Crippen molar-refractivity contribution in [1.82, 2.24) is 4.98 Å². The van der Waals surface area contributed by atoms with Gasteiger partial charge >= 0.3 is 5.97 Å². The van der Waals surface area contributed by atoms with Crippen molar-refractivity contribution in [1.29, 1.82) is 0 Å². The Balaban J connectivity index is 0.00000141. The van der Waals surface area contributed by atoms with E-state index in [9.17, 15) is 9.59 Å². The number of carbonyl (C=O) groups is 2. The first-order valence-corrected chi connectivity index (χ1v) is 11.6. The molecule has 0 amide bonds. The molecule has 0 unspecified atom stereocenters. The number of esters is 1. The third-order valence-corrected chi connectivity index (χ3v) is 5.66. The molecule has 0 saturated carbocycles. The van der Waals surface area contributed by atoms with Gasteiger partial charge in [0, 0.05) is 16.5 Å². The van der Waals surface area contributed by atoms with Crippen LogP contribution < -0.4 is 4.74 Å². The summed E-state index contributed by atoms with van der Waals surface area (Å²) in [6.45, 7) is 4.30. The van der Waals surface area contributed by atoms with Gasteiger partial charge in [-0.1, -0.05) is 74.5 Å². The molecule has 0 radical (unpaired) electrons. The number of aromatic amines is 1. The Kier molecular flexibility index (Phi) is 7.27. The maximum absolute atomic E-state index is 13.3. The summed E-state index contributed by atoms with van der Waals surface area (Å²) in [6.07, 6.45) is 0. The highest BCUT2D eigenvalue weighted by molar-refractivity contribution is 6.14. The van der Waals surface area contributed by atoms with Gasteiger partial charge in [0.2, 0.25) is 5.78 Å². The zero-order chi connectivity index (χ0) is 24.8. The first-order valence-electron chi connectivity index (χ1n) is 11.6. The molecule has 0 aliphatic rings. The SMILES string of the molecule is CC.COC(=O)c1cc(C(=O)c2cc3c(ccc4ccccc43)[nH]2)ccc1OCc1ccccc1. The number of aromatic nitrogens is 1. The van der Waals surface area contributed by atoms with Crippen molar-refractivity contribution in [2.45, 2.75) is 20.5 Å². The molecule has 176 valence electrons. The van der Waals surface area contributed by atoms with Gasteiger partial charge in [-0.25, -0.2) is 4.79 Å². The fourth-order valence-corrected chi connectivity index (χ4v) is 3.97. The summed E-state index contributed by atoms with van der Waals surface area (Å²) >= 11 is 0. The Bertz CT molecular complexity index is 1480. The highest BCUT2D eigenvalue weighted by Gasteiger charge is 2.19. The second-order valence-corrected chi connectivity index (χ2v) is 7.74. The van der Waals surface area contributed by atoms with E-state index in [0.717, 1.165) is 27.2 Å². The van der Waals surface area contributed by atoms with Gasteiger partial charge < -0.3 is 14.5 Å². The van der Waals surface area contributed by atoms with Crippen molar-refractivity contribution in [3.63, 3.8) is 0 Å².